The molecule has 0 radical (unpaired) electrons. The Labute approximate surface area is 99.8 Å². The third-order valence-corrected chi connectivity index (χ3v) is 2.79. The van der Waals surface area contributed by atoms with Crippen molar-refractivity contribution in [2.45, 2.75) is 12.8 Å². The maximum absolute atomic E-state index is 11.7. The highest BCUT2D eigenvalue weighted by molar-refractivity contribution is 5.87. The van der Waals surface area contributed by atoms with Crippen LogP contribution in [0.2, 0.25) is 0 Å². The predicted molar refractivity (Wildman–Crippen MR) is 62.1 cm³/mol. The molecule has 1 aliphatic heterocycles. The van der Waals surface area contributed by atoms with Gasteiger partial charge in [0.25, 0.3) is 0 Å². The van der Waals surface area contributed by atoms with Crippen LogP contribution in [0.15, 0.2) is 24.5 Å². The molecule has 0 unspecified atom stereocenters. The molecule has 0 bridgehead atoms. The zero-order valence-corrected chi connectivity index (χ0v) is 9.56. The lowest BCUT2D eigenvalue weighted by Crippen LogP contribution is -2.36. The van der Waals surface area contributed by atoms with Crippen LogP contribution in [-0.2, 0) is 16.0 Å². The standard InChI is InChI=1S/C12H15N3O2/c16-11-4-7-15(12(17)9-14-11)6-3-10-2-1-5-13-8-10/h1-2,5,8H,3-4,6-7,9H2,(H,14,16). The minimum atomic E-state index is -0.0535. The molecule has 0 atom stereocenters. The van der Waals surface area contributed by atoms with Gasteiger partial charge in [0.2, 0.25) is 11.8 Å². The summed E-state index contributed by atoms with van der Waals surface area (Å²) in [5.74, 6) is -0.0676. The van der Waals surface area contributed by atoms with Crippen molar-refractivity contribution >= 4 is 11.8 Å². The van der Waals surface area contributed by atoms with Crippen molar-refractivity contribution in [1.82, 2.24) is 15.2 Å². The Morgan fingerprint density at radius 2 is 2.29 bits per heavy atom. The second-order valence-corrected chi connectivity index (χ2v) is 4.02. The Bertz CT molecular complexity index is 405. The van der Waals surface area contributed by atoms with Crippen LogP contribution in [0.3, 0.4) is 0 Å². The van der Waals surface area contributed by atoms with Crippen molar-refractivity contribution in [3.8, 4) is 0 Å². The second-order valence-electron chi connectivity index (χ2n) is 4.02. The van der Waals surface area contributed by atoms with Crippen LogP contribution in [0.1, 0.15) is 12.0 Å². The maximum Gasteiger partial charge on any atom is 0.241 e. The molecule has 0 saturated carbocycles. The van der Waals surface area contributed by atoms with Gasteiger partial charge >= 0.3 is 0 Å². The van der Waals surface area contributed by atoms with E-state index in [4.69, 9.17) is 0 Å². The molecule has 5 nitrogen and oxygen atoms in total. The van der Waals surface area contributed by atoms with Gasteiger partial charge in [0, 0.05) is 31.9 Å². The molecule has 2 heterocycles. The molecule has 0 spiro atoms. The summed E-state index contributed by atoms with van der Waals surface area (Å²) in [5.41, 5.74) is 1.10. The van der Waals surface area contributed by atoms with Gasteiger partial charge in [0.05, 0.1) is 6.54 Å². The molecule has 17 heavy (non-hydrogen) atoms. The molecular formula is C12H15N3O2. The highest BCUT2D eigenvalue weighted by atomic mass is 16.2. The zero-order valence-electron chi connectivity index (χ0n) is 9.56. The minimum absolute atomic E-state index is 0.0141. The number of pyridine rings is 1. The van der Waals surface area contributed by atoms with E-state index in [1.165, 1.54) is 0 Å². The summed E-state index contributed by atoms with van der Waals surface area (Å²) in [6.45, 7) is 1.26. The summed E-state index contributed by atoms with van der Waals surface area (Å²) in [4.78, 5) is 28.6. The predicted octanol–water partition coefficient (Wildman–Crippen LogP) is -0.0274. The lowest BCUT2D eigenvalue weighted by molar-refractivity contribution is -0.130. The highest BCUT2D eigenvalue weighted by Gasteiger charge is 2.19. The largest absolute Gasteiger partial charge is 0.347 e. The molecule has 2 rings (SSSR count). The number of hydrogen-bond donors (Lipinski definition) is 1. The van der Waals surface area contributed by atoms with Crippen LogP contribution in [0, 0.1) is 0 Å². The summed E-state index contributed by atoms with van der Waals surface area (Å²) in [7, 11) is 0. The molecule has 1 aliphatic rings. The van der Waals surface area contributed by atoms with Crippen molar-refractivity contribution in [1.29, 1.82) is 0 Å². The van der Waals surface area contributed by atoms with E-state index in [1.54, 1.807) is 17.3 Å². The lowest BCUT2D eigenvalue weighted by atomic mass is 10.2. The molecule has 90 valence electrons. The number of aromatic nitrogens is 1. The van der Waals surface area contributed by atoms with Crippen molar-refractivity contribution < 1.29 is 9.59 Å². The van der Waals surface area contributed by atoms with Crippen molar-refractivity contribution in [2.75, 3.05) is 19.6 Å². The number of nitrogens with zero attached hydrogens (tertiary/aromatic N) is 2. The van der Waals surface area contributed by atoms with Crippen LogP contribution in [0.5, 0.6) is 0 Å². The van der Waals surface area contributed by atoms with Gasteiger partial charge in [0.15, 0.2) is 0 Å². The van der Waals surface area contributed by atoms with Crippen LogP contribution in [-0.4, -0.2) is 41.3 Å². The zero-order chi connectivity index (χ0) is 12.1. The lowest BCUT2D eigenvalue weighted by Gasteiger charge is -2.19. The smallest absolute Gasteiger partial charge is 0.241 e. The third kappa shape index (κ3) is 3.27. The first kappa shape index (κ1) is 11.6. The van der Waals surface area contributed by atoms with Crippen molar-refractivity contribution in [2.24, 2.45) is 0 Å². The number of nitrogens with one attached hydrogen (secondary N) is 1. The Morgan fingerprint density at radius 3 is 3.06 bits per heavy atom. The van der Waals surface area contributed by atoms with Gasteiger partial charge in [-0.2, -0.15) is 0 Å². The maximum atomic E-state index is 11.7. The van der Waals surface area contributed by atoms with Gasteiger partial charge in [-0.05, 0) is 18.1 Å². The molecule has 1 fully saturated rings. The van der Waals surface area contributed by atoms with Crippen molar-refractivity contribution in [3.63, 3.8) is 0 Å². The van der Waals surface area contributed by atoms with E-state index in [0.29, 0.717) is 19.5 Å². The molecule has 5 heteroatoms. The van der Waals surface area contributed by atoms with Gasteiger partial charge in [-0.1, -0.05) is 6.07 Å². The monoisotopic (exact) mass is 233 g/mol. The van der Waals surface area contributed by atoms with Gasteiger partial charge in [-0.25, -0.2) is 0 Å². The summed E-state index contributed by atoms with van der Waals surface area (Å²) in [5, 5.41) is 2.58. The molecule has 0 aromatic carbocycles. The number of hydrogen-bond acceptors (Lipinski definition) is 3. The molecule has 2 amide bonds. The average Bonchev–Trinajstić information content (AvgIpc) is 2.52. The molecule has 1 N–H and O–H groups in total. The minimum Gasteiger partial charge on any atom is -0.347 e. The fourth-order valence-electron chi connectivity index (χ4n) is 1.78. The van der Waals surface area contributed by atoms with E-state index >= 15 is 0 Å². The Balaban J connectivity index is 1.89. The van der Waals surface area contributed by atoms with Crippen LogP contribution in [0.25, 0.3) is 0 Å². The van der Waals surface area contributed by atoms with E-state index in [9.17, 15) is 9.59 Å². The topological polar surface area (TPSA) is 62.3 Å². The second kappa shape index (κ2) is 5.43. The number of rotatable bonds is 3. The van der Waals surface area contributed by atoms with Crippen LogP contribution < -0.4 is 5.32 Å². The van der Waals surface area contributed by atoms with E-state index in [1.807, 2.05) is 12.1 Å². The molecule has 1 saturated heterocycles. The normalized spacial score (nSPS) is 16.6. The van der Waals surface area contributed by atoms with Crippen LogP contribution >= 0.6 is 0 Å². The summed E-state index contributed by atoms with van der Waals surface area (Å²) >= 11 is 0. The number of amides is 2. The summed E-state index contributed by atoms with van der Waals surface area (Å²) < 4.78 is 0. The quantitative estimate of drug-likeness (QED) is 0.797. The number of carbonyl (C=O) groups excluding carboxylic acids is 2. The van der Waals surface area contributed by atoms with E-state index < -0.39 is 0 Å². The van der Waals surface area contributed by atoms with Crippen LogP contribution in [0.4, 0.5) is 0 Å². The first-order valence-corrected chi connectivity index (χ1v) is 5.69. The van der Waals surface area contributed by atoms with Gasteiger partial charge < -0.3 is 10.2 Å². The first-order valence-electron chi connectivity index (χ1n) is 5.69. The average molecular weight is 233 g/mol. The molecule has 1 aromatic heterocycles. The highest BCUT2D eigenvalue weighted by Crippen LogP contribution is 2.03. The molecule has 0 aliphatic carbocycles. The Kier molecular flexibility index (Phi) is 3.69. The fraction of sp³-hybridized carbons (Fsp3) is 0.417. The van der Waals surface area contributed by atoms with E-state index in [2.05, 4.69) is 10.3 Å². The van der Waals surface area contributed by atoms with Crippen molar-refractivity contribution in [3.05, 3.63) is 30.1 Å². The molecule has 1 aromatic rings. The van der Waals surface area contributed by atoms with Gasteiger partial charge in [0.1, 0.15) is 0 Å². The SMILES string of the molecule is O=C1CCN(CCc2cccnc2)C(=O)CN1. The van der Waals surface area contributed by atoms with E-state index in [-0.39, 0.29) is 18.4 Å². The van der Waals surface area contributed by atoms with E-state index in [0.717, 1.165) is 12.0 Å². The summed E-state index contributed by atoms with van der Waals surface area (Å²) in [6.07, 6.45) is 4.68. The molecular weight excluding hydrogens is 218 g/mol. The number of carbonyl (C=O) groups is 2. The first-order chi connectivity index (χ1) is 8.25. The fourth-order valence-corrected chi connectivity index (χ4v) is 1.78. The summed E-state index contributed by atoms with van der Waals surface area (Å²) in [6, 6.07) is 3.86. The van der Waals surface area contributed by atoms with Gasteiger partial charge in [-0.3, -0.25) is 14.6 Å². The Hall–Kier alpha value is -1.91. The Morgan fingerprint density at radius 1 is 1.41 bits per heavy atom. The third-order valence-electron chi connectivity index (χ3n) is 2.79. The van der Waals surface area contributed by atoms with Gasteiger partial charge in [-0.15, -0.1) is 0 Å².